The Labute approximate surface area is 113 Å². The van der Waals surface area contributed by atoms with E-state index in [1.165, 1.54) is 19.4 Å². The standard InChI is InChI=1S/C14H21N5/c15-13(16)12-2-1-5-17-14(12)19-8-6-18(7-9-19)10-11-3-4-11/h1-2,5,11H,3-4,6-10H2,(H3,15,16). The van der Waals surface area contributed by atoms with Crippen LogP contribution in [-0.4, -0.2) is 48.4 Å². The smallest absolute Gasteiger partial charge is 0.139 e. The molecular formula is C14H21N5. The maximum atomic E-state index is 7.64. The summed E-state index contributed by atoms with van der Waals surface area (Å²) >= 11 is 0. The van der Waals surface area contributed by atoms with Crippen molar-refractivity contribution in [3.8, 4) is 0 Å². The zero-order valence-corrected chi connectivity index (χ0v) is 11.2. The van der Waals surface area contributed by atoms with Crippen molar-refractivity contribution in [2.24, 2.45) is 11.7 Å². The Kier molecular flexibility index (Phi) is 3.38. The van der Waals surface area contributed by atoms with Crippen molar-refractivity contribution >= 4 is 11.7 Å². The van der Waals surface area contributed by atoms with E-state index in [0.717, 1.165) is 43.5 Å². The zero-order chi connectivity index (χ0) is 13.2. The second-order valence-corrected chi connectivity index (χ2v) is 5.52. The van der Waals surface area contributed by atoms with Gasteiger partial charge in [0.05, 0.1) is 5.56 Å². The normalized spacial score (nSPS) is 20.5. The Morgan fingerprint density at radius 3 is 2.68 bits per heavy atom. The fourth-order valence-corrected chi connectivity index (χ4v) is 2.67. The lowest BCUT2D eigenvalue weighted by atomic mass is 10.2. The number of nitrogens with one attached hydrogen (secondary N) is 1. The lowest BCUT2D eigenvalue weighted by Gasteiger charge is -2.36. The highest BCUT2D eigenvalue weighted by Gasteiger charge is 2.27. The highest BCUT2D eigenvalue weighted by atomic mass is 15.3. The lowest BCUT2D eigenvalue weighted by molar-refractivity contribution is 0.247. The summed E-state index contributed by atoms with van der Waals surface area (Å²) in [6.45, 7) is 5.39. The number of nitrogens with zero attached hydrogens (tertiary/aromatic N) is 3. The highest BCUT2D eigenvalue weighted by Crippen LogP contribution is 2.30. The minimum Gasteiger partial charge on any atom is -0.384 e. The molecule has 3 N–H and O–H groups in total. The molecule has 2 fully saturated rings. The maximum absolute atomic E-state index is 7.64. The average Bonchev–Trinajstić information content (AvgIpc) is 3.23. The number of hydrogen-bond donors (Lipinski definition) is 2. The van der Waals surface area contributed by atoms with Crippen LogP contribution in [0.2, 0.25) is 0 Å². The molecule has 1 saturated carbocycles. The van der Waals surface area contributed by atoms with E-state index in [1.54, 1.807) is 6.20 Å². The summed E-state index contributed by atoms with van der Waals surface area (Å²) in [6, 6.07) is 3.71. The number of aromatic nitrogens is 1. The van der Waals surface area contributed by atoms with Gasteiger partial charge >= 0.3 is 0 Å². The van der Waals surface area contributed by atoms with Crippen LogP contribution in [-0.2, 0) is 0 Å². The van der Waals surface area contributed by atoms with Gasteiger partial charge in [0.15, 0.2) is 0 Å². The van der Waals surface area contributed by atoms with E-state index in [-0.39, 0.29) is 5.84 Å². The molecule has 102 valence electrons. The minimum atomic E-state index is 0.100. The van der Waals surface area contributed by atoms with Gasteiger partial charge < -0.3 is 10.6 Å². The highest BCUT2D eigenvalue weighted by molar-refractivity contribution is 5.99. The SMILES string of the molecule is N=C(N)c1cccnc1N1CCN(CC2CC2)CC1. The molecule has 2 aliphatic rings. The van der Waals surface area contributed by atoms with Crippen molar-refractivity contribution in [2.75, 3.05) is 37.6 Å². The molecule has 5 heteroatoms. The third-order valence-corrected chi connectivity index (χ3v) is 3.96. The topological polar surface area (TPSA) is 69.2 Å². The van der Waals surface area contributed by atoms with Crippen LogP contribution in [0.5, 0.6) is 0 Å². The van der Waals surface area contributed by atoms with Crippen LogP contribution in [0.3, 0.4) is 0 Å². The van der Waals surface area contributed by atoms with Gasteiger partial charge in [-0.3, -0.25) is 10.3 Å². The largest absolute Gasteiger partial charge is 0.384 e. The van der Waals surface area contributed by atoms with Gasteiger partial charge in [-0.05, 0) is 30.9 Å². The molecule has 0 unspecified atom stereocenters. The predicted molar refractivity (Wildman–Crippen MR) is 76.6 cm³/mol. The monoisotopic (exact) mass is 259 g/mol. The quantitative estimate of drug-likeness (QED) is 0.622. The van der Waals surface area contributed by atoms with Crippen LogP contribution in [0.15, 0.2) is 18.3 Å². The number of anilines is 1. The Bertz CT molecular complexity index is 461. The van der Waals surface area contributed by atoms with Gasteiger partial charge in [-0.1, -0.05) is 0 Å². The van der Waals surface area contributed by atoms with Gasteiger partial charge in [0.1, 0.15) is 11.7 Å². The summed E-state index contributed by atoms with van der Waals surface area (Å²) in [5.74, 6) is 1.92. The first-order valence-electron chi connectivity index (χ1n) is 7.01. The van der Waals surface area contributed by atoms with Crippen LogP contribution in [0.4, 0.5) is 5.82 Å². The summed E-state index contributed by atoms with van der Waals surface area (Å²) in [5.41, 5.74) is 6.38. The molecule has 2 heterocycles. The molecule has 0 atom stereocenters. The molecular weight excluding hydrogens is 238 g/mol. The molecule has 19 heavy (non-hydrogen) atoms. The Morgan fingerprint density at radius 1 is 1.32 bits per heavy atom. The van der Waals surface area contributed by atoms with Gasteiger partial charge in [0, 0.05) is 38.9 Å². The summed E-state index contributed by atoms with van der Waals surface area (Å²) in [7, 11) is 0. The minimum absolute atomic E-state index is 0.100. The molecule has 1 aromatic heterocycles. The first-order chi connectivity index (χ1) is 9.24. The van der Waals surface area contributed by atoms with E-state index in [1.807, 2.05) is 12.1 Å². The number of amidine groups is 1. The number of rotatable bonds is 4. The van der Waals surface area contributed by atoms with Crippen molar-refractivity contribution in [3.05, 3.63) is 23.9 Å². The lowest BCUT2D eigenvalue weighted by Crippen LogP contribution is -2.47. The van der Waals surface area contributed by atoms with Gasteiger partial charge in [0.2, 0.25) is 0 Å². The van der Waals surface area contributed by atoms with Gasteiger partial charge in [0.25, 0.3) is 0 Å². The summed E-state index contributed by atoms with van der Waals surface area (Å²) < 4.78 is 0. The molecule has 1 aliphatic carbocycles. The Balaban J connectivity index is 1.65. The van der Waals surface area contributed by atoms with Crippen LogP contribution in [0.25, 0.3) is 0 Å². The number of hydrogen-bond acceptors (Lipinski definition) is 4. The summed E-state index contributed by atoms with van der Waals surface area (Å²) in [5, 5.41) is 7.64. The molecule has 0 aromatic carbocycles. The van der Waals surface area contributed by atoms with E-state index in [9.17, 15) is 0 Å². The van der Waals surface area contributed by atoms with Crippen molar-refractivity contribution in [1.82, 2.24) is 9.88 Å². The third-order valence-electron chi connectivity index (χ3n) is 3.96. The fraction of sp³-hybridized carbons (Fsp3) is 0.571. The molecule has 0 bridgehead atoms. The third kappa shape index (κ3) is 2.87. The van der Waals surface area contributed by atoms with E-state index in [2.05, 4.69) is 14.8 Å². The van der Waals surface area contributed by atoms with Crippen molar-refractivity contribution in [1.29, 1.82) is 5.41 Å². The van der Waals surface area contributed by atoms with Gasteiger partial charge in [-0.2, -0.15) is 0 Å². The molecule has 1 aliphatic heterocycles. The molecule has 5 nitrogen and oxygen atoms in total. The number of nitrogens with two attached hydrogens (primary N) is 1. The van der Waals surface area contributed by atoms with Crippen LogP contribution in [0, 0.1) is 11.3 Å². The Hall–Kier alpha value is -1.62. The first-order valence-corrected chi connectivity index (χ1v) is 7.01. The molecule has 1 saturated heterocycles. The van der Waals surface area contributed by atoms with Gasteiger partial charge in [-0.15, -0.1) is 0 Å². The maximum Gasteiger partial charge on any atom is 0.139 e. The second-order valence-electron chi connectivity index (χ2n) is 5.52. The van der Waals surface area contributed by atoms with Crippen molar-refractivity contribution in [2.45, 2.75) is 12.8 Å². The average molecular weight is 259 g/mol. The Morgan fingerprint density at radius 2 is 2.05 bits per heavy atom. The van der Waals surface area contributed by atoms with E-state index in [0.29, 0.717) is 0 Å². The van der Waals surface area contributed by atoms with Crippen LogP contribution >= 0.6 is 0 Å². The first kappa shape index (κ1) is 12.4. The van der Waals surface area contributed by atoms with Crippen molar-refractivity contribution < 1.29 is 0 Å². The van der Waals surface area contributed by atoms with Crippen LogP contribution in [0.1, 0.15) is 18.4 Å². The molecule has 0 radical (unpaired) electrons. The number of nitrogen functional groups attached to an aromatic ring is 1. The second kappa shape index (κ2) is 5.17. The van der Waals surface area contributed by atoms with E-state index >= 15 is 0 Å². The van der Waals surface area contributed by atoms with E-state index < -0.39 is 0 Å². The summed E-state index contributed by atoms with van der Waals surface area (Å²) in [4.78, 5) is 9.20. The van der Waals surface area contributed by atoms with Crippen molar-refractivity contribution in [3.63, 3.8) is 0 Å². The number of piperazine rings is 1. The van der Waals surface area contributed by atoms with Crippen LogP contribution < -0.4 is 10.6 Å². The van der Waals surface area contributed by atoms with Gasteiger partial charge in [-0.25, -0.2) is 4.98 Å². The molecule has 3 rings (SSSR count). The number of pyridine rings is 1. The summed E-state index contributed by atoms with van der Waals surface area (Å²) in [6.07, 6.45) is 4.60. The molecule has 0 spiro atoms. The zero-order valence-electron chi connectivity index (χ0n) is 11.2. The van der Waals surface area contributed by atoms with E-state index in [4.69, 9.17) is 11.1 Å². The molecule has 1 aromatic rings. The molecule has 0 amide bonds. The fourth-order valence-electron chi connectivity index (χ4n) is 2.67. The predicted octanol–water partition coefficient (Wildman–Crippen LogP) is 0.898.